The summed E-state index contributed by atoms with van der Waals surface area (Å²) in [7, 11) is 0. The maximum Gasteiger partial charge on any atom is 0.0734 e. The highest BCUT2D eigenvalue weighted by Gasteiger charge is 2.20. The van der Waals surface area contributed by atoms with Gasteiger partial charge < -0.3 is 4.74 Å². The van der Waals surface area contributed by atoms with E-state index in [1.165, 1.54) is 0 Å². The van der Waals surface area contributed by atoms with Crippen LogP contribution in [-0.2, 0) is 4.74 Å². The van der Waals surface area contributed by atoms with Gasteiger partial charge in [-0.3, -0.25) is 5.01 Å². The van der Waals surface area contributed by atoms with Gasteiger partial charge in [0, 0.05) is 0 Å². The summed E-state index contributed by atoms with van der Waals surface area (Å²) in [6.07, 6.45) is 0.922. The third-order valence-corrected chi connectivity index (χ3v) is 1.77. The van der Waals surface area contributed by atoms with Crippen molar-refractivity contribution in [3.05, 3.63) is 4.91 Å². The second kappa shape index (κ2) is 3.51. The zero-order chi connectivity index (χ0) is 7.40. The second-order valence-electron chi connectivity index (χ2n) is 2.38. The van der Waals surface area contributed by atoms with Gasteiger partial charge in [-0.15, -0.1) is 4.91 Å². The van der Waals surface area contributed by atoms with Gasteiger partial charge in [-0.05, 0) is 6.42 Å². The summed E-state index contributed by atoms with van der Waals surface area (Å²) in [5.74, 6) is 0. The summed E-state index contributed by atoms with van der Waals surface area (Å²) in [5.41, 5.74) is 0. The molecule has 0 spiro atoms. The van der Waals surface area contributed by atoms with Crippen molar-refractivity contribution in [1.29, 1.82) is 0 Å². The molecule has 0 radical (unpaired) electrons. The molecule has 4 nitrogen and oxygen atoms in total. The van der Waals surface area contributed by atoms with Crippen LogP contribution in [0.3, 0.4) is 0 Å². The van der Waals surface area contributed by atoms with Crippen molar-refractivity contribution in [3.8, 4) is 0 Å². The average molecular weight is 144 g/mol. The van der Waals surface area contributed by atoms with E-state index >= 15 is 0 Å². The molecule has 1 aliphatic heterocycles. The van der Waals surface area contributed by atoms with Gasteiger partial charge in [0.25, 0.3) is 0 Å². The molecule has 0 aromatic carbocycles. The molecular formula is C6H12N2O2. The summed E-state index contributed by atoms with van der Waals surface area (Å²) >= 11 is 0. The molecule has 1 atom stereocenters. The van der Waals surface area contributed by atoms with E-state index in [0.29, 0.717) is 19.8 Å². The zero-order valence-electron chi connectivity index (χ0n) is 6.12. The number of nitroso groups, excluding NO2 is 1. The van der Waals surface area contributed by atoms with Gasteiger partial charge in [0.1, 0.15) is 0 Å². The first kappa shape index (κ1) is 7.47. The molecule has 0 aromatic heterocycles. The van der Waals surface area contributed by atoms with E-state index in [1.807, 2.05) is 6.92 Å². The molecule has 58 valence electrons. The fraction of sp³-hybridized carbons (Fsp3) is 1.00. The Balaban J connectivity index is 2.41. The van der Waals surface area contributed by atoms with Crippen LogP contribution in [0.2, 0.25) is 0 Å². The van der Waals surface area contributed by atoms with Crippen LogP contribution in [0.25, 0.3) is 0 Å². The van der Waals surface area contributed by atoms with Crippen molar-refractivity contribution in [2.45, 2.75) is 19.4 Å². The average Bonchev–Trinajstić information content (AvgIpc) is 2.04. The molecular weight excluding hydrogens is 132 g/mol. The summed E-state index contributed by atoms with van der Waals surface area (Å²) in [5, 5.41) is 4.46. The standard InChI is InChI=1S/C6H12N2O2/c1-2-6-5-10-4-3-8(6)7-9/h6H,2-5H2,1H3. The molecule has 1 aliphatic rings. The molecule has 0 N–H and O–H groups in total. The third kappa shape index (κ3) is 1.44. The Hall–Kier alpha value is -0.640. The van der Waals surface area contributed by atoms with Crippen molar-refractivity contribution in [1.82, 2.24) is 5.01 Å². The van der Waals surface area contributed by atoms with Gasteiger partial charge in [0.05, 0.1) is 31.1 Å². The summed E-state index contributed by atoms with van der Waals surface area (Å²) < 4.78 is 5.16. The SMILES string of the molecule is CCC1COCCN1N=O. The molecule has 0 aromatic rings. The van der Waals surface area contributed by atoms with E-state index < -0.39 is 0 Å². The Kier molecular flexibility index (Phi) is 2.62. The summed E-state index contributed by atoms with van der Waals surface area (Å²) in [6.45, 7) is 3.93. The van der Waals surface area contributed by atoms with E-state index in [0.717, 1.165) is 6.42 Å². The Morgan fingerprint density at radius 1 is 1.80 bits per heavy atom. The fourth-order valence-corrected chi connectivity index (χ4v) is 1.08. The highest BCUT2D eigenvalue weighted by atomic mass is 16.5. The first-order valence-electron chi connectivity index (χ1n) is 3.56. The molecule has 0 saturated carbocycles. The lowest BCUT2D eigenvalue weighted by molar-refractivity contribution is -0.00838. The molecule has 0 aliphatic carbocycles. The Morgan fingerprint density at radius 2 is 2.60 bits per heavy atom. The first-order valence-corrected chi connectivity index (χ1v) is 3.56. The maximum atomic E-state index is 10.1. The normalized spacial score (nSPS) is 26.5. The minimum absolute atomic E-state index is 0.200. The van der Waals surface area contributed by atoms with E-state index in [9.17, 15) is 4.91 Å². The number of hydrogen-bond acceptors (Lipinski definition) is 3. The number of nitrogens with zero attached hydrogens (tertiary/aromatic N) is 2. The van der Waals surface area contributed by atoms with Crippen LogP contribution in [-0.4, -0.2) is 30.8 Å². The van der Waals surface area contributed by atoms with Gasteiger partial charge >= 0.3 is 0 Å². The van der Waals surface area contributed by atoms with Crippen LogP contribution >= 0.6 is 0 Å². The van der Waals surface area contributed by atoms with Crippen molar-refractivity contribution in [3.63, 3.8) is 0 Å². The van der Waals surface area contributed by atoms with Crippen LogP contribution in [0, 0.1) is 4.91 Å². The van der Waals surface area contributed by atoms with Crippen molar-refractivity contribution in [2.75, 3.05) is 19.8 Å². The van der Waals surface area contributed by atoms with Crippen molar-refractivity contribution >= 4 is 0 Å². The van der Waals surface area contributed by atoms with Crippen LogP contribution in [0.15, 0.2) is 5.29 Å². The molecule has 1 unspecified atom stereocenters. The zero-order valence-corrected chi connectivity index (χ0v) is 6.12. The monoisotopic (exact) mass is 144 g/mol. The van der Waals surface area contributed by atoms with Gasteiger partial charge in [0.2, 0.25) is 0 Å². The lowest BCUT2D eigenvalue weighted by Crippen LogP contribution is -2.41. The molecule has 4 heteroatoms. The van der Waals surface area contributed by atoms with Gasteiger partial charge in [0.15, 0.2) is 0 Å². The smallest absolute Gasteiger partial charge is 0.0734 e. The molecule has 1 rings (SSSR count). The summed E-state index contributed by atoms with van der Waals surface area (Å²) in [6, 6.07) is 0.200. The number of ether oxygens (including phenoxy) is 1. The van der Waals surface area contributed by atoms with Gasteiger partial charge in [-0.1, -0.05) is 6.92 Å². The maximum absolute atomic E-state index is 10.1. The molecule has 1 saturated heterocycles. The predicted molar refractivity (Wildman–Crippen MR) is 37.4 cm³/mol. The Labute approximate surface area is 60.1 Å². The Bertz CT molecular complexity index is 118. The number of rotatable bonds is 2. The lowest BCUT2D eigenvalue weighted by atomic mass is 10.2. The Morgan fingerprint density at radius 3 is 3.10 bits per heavy atom. The van der Waals surface area contributed by atoms with Crippen molar-refractivity contribution < 1.29 is 4.74 Å². The van der Waals surface area contributed by atoms with Crippen LogP contribution < -0.4 is 0 Å². The predicted octanol–water partition coefficient (Wildman–Crippen LogP) is 0.779. The molecule has 1 heterocycles. The second-order valence-corrected chi connectivity index (χ2v) is 2.38. The van der Waals surface area contributed by atoms with E-state index in [4.69, 9.17) is 4.74 Å². The van der Waals surface area contributed by atoms with Crippen LogP contribution in [0.1, 0.15) is 13.3 Å². The van der Waals surface area contributed by atoms with Crippen LogP contribution in [0.4, 0.5) is 0 Å². The number of morpholine rings is 1. The quantitative estimate of drug-likeness (QED) is 0.538. The highest BCUT2D eigenvalue weighted by Crippen LogP contribution is 2.09. The summed E-state index contributed by atoms with van der Waals surface area (Å²) in [4.78, 5) is 10.1. The molecule has 0 amide bonds. The topological polar surface area (TPSA) is 41.9 Å². The third-order valence-electron chi connectivity index (χ3n) is 1.77. The van der Waals surface area contributed by atoms with Crippen LogP contribution in [0.5, 0.6) is 0 Å². The lowest BCUT2D eigenvalue weighted by Gasteiger charge is -2.29. The molecule has 10 heavy (non-hydrogen) atoms. The van der Waals surface area contributed by atoms with Gasteiger partial charge in [-0.2, -0.15) is 0 Å². The molecule has 0 bridgehead atoms. The highest BCUT2D eigenvalue weighted by molar-refractivity contribution is 4.69. The first-order chi connectivity index (χ1) is 4.88. The van der Waals surface area contributed by atoms with Crippen molar-refractivity contribution in [2.24, 2.45) is 5.29 Å². The van der Waals surface area contributed by atoms with Gasteiger partial charge in [-0.25, -0.2) is 0 Å². The largest absolute Gasteiger partial charge is 0.377 e. The van der Waals surface area contributed by atoms with E-state index in [-0.39, 0.29) is 6.04 Å². The molecule has 1 fully saturated rings. The van der Waals surface area contributed by atoms with E-state index in [2.05, 4.69) is 5.29 Å². The number of hydrogen-bond donors (Lipinski definition) is 0. The van der Waals surface area contributed by atoms with E-state index in [1.54, 1.807) is 5.01 Å². The minimum atomic E-state index is 0.200. The fourth-order valence-electron chi connectivity index (χ4n) is 1.08. The minimum Gasteiger partial charge on any atom is -0.377 e.